The molecule has 0 saturated heterocycles. The molecule has 0 radical (unpaired) electrons. The van der Waals surface area contributed by atoms with E-state index >= 15 is 0 Å². The Morgan fingerprint density at radius 1 is 1.45 bits per heavy atom. The Morgan fingerprint density at radius 3 is 2.40 bits per heavy atom. The van der Waals surface area contributed by atoms with Gasteiger partial charge in [-0.2, -0.15) is 5.10 Å². The van der Waals surface area contributed by atoms with Gasteiger partial charge in [0.15, 0.2) is 0 Å². The second-order valence-electron chi connectivity index (χ2n) is 5.36. The fraction of sp³-hybridized carbons (Fsp3) is 0.692. The van der Waals surface area contributed by atoms with Crippen LogP contribution in [0.15, 0.2) is 0 Å². The van der Waals surface area contributed by atoms with Crippen molar-refractivity contribution in [1.82, 2.24) is 14.7 Å². The van der Waals surface area contributed by atoms with Crippen molar-refractivity contribution in [3.63, 3.8) is 0 Å². The van der Waals surface area contributed by atoms with Crippen LogP contribution in [0.4, 0.5) is 0 Å². The summed E-state index contributed by atoms with van der Waals surface area (Å²) >= 11 is 6.16. The highest BCUT2D eigenvalue weighted by atomic mass is 35.5. The van der Waals surface area contributed by atoms with Gasteiger partial charge in [-0.25, -0.2) is 0 Å². The number of carbonyl (C=O) groups is 1. The quantitative estimate of drug-likeness (QED) is 0.819. The molecule has 1 heterocycles. The van der Waals surface area contributed by atoms with E-state index in [0.717, 1.165) is 0 Å². The minimum Gasteiger partial charge on any atom is -0.396 e. The van der Waals surface area contributed by atoms with Crippen LogP contribution in [0, 0.1) is 12.3 Å². The number of hydrogen-bond acceptors (Lipinski definition) is 4. The summed E-state index contributed by atoms with van der Waals surface area (Å²) in [4.78, 5) is 13.9. The van der Waals surface area contributed by atoms with Crippen molar-refractivity contribution in [1.29, 1.82) is 0 Å². The first-order valence-electron chi connectivity index (χ1n) is 6.49. The largest absolute Gasteiger partial charge is 0.396 e. The van der Waals surface area contributed by atoms with E-state index in [0.29, 0.717) is 23.0 Å². The number of aliphatic hydroxyl groups is 2. The van der Waals surface area contributed by atoms with E-state index in [1.165, 1.54) is 4.90 Å². The number of amides is 1. The van der Waals surface area contributed by atoms with E-state index in [9.17, 15) is 15.0 Å². The molecular weight excluding hydrogens is 282 g/mol. The van der Waals surface area contributed by atoms with E-state index in [2.05, 4.69) is 5.10 Å². The summed E-state index contributed by atoms with van der Waals surface area (Å²) in [5, 5.41) is 23.1. The molecule has 0 spiro atoms. The van der Waals surface area contributed by atoms with Crippen molar-refractivity contribution in [3.8, 4) is 0 Å². The second-order valence-corrected chi connectivity index (χ2v) is 5.71. The van der Waals surface area contributed by atoms with Crippen molar-refractivity contribution in [2.75, 3.05) is 26.8 Å². The summed E-state index contributed by atoms with van der Waals surface area (Å²) in [5.74, 6) is -0.264. The van der Waals surface area contributed by atoms with E-state index in [1.807, 2.05) is 6.92 Å². The van der Waals surface area contributed by atoms with Gasteiger partial charge in [-0.05, 0) is 13.8 Å². The molecule has 0 saturated carbocycles. The van der Waals surface area contributed by atoms with Crippen molar-refractivity contribution in [2.45, 2.75) is 27.3 Å². The Bertz CT molecular complexity index is 483. The number of rotatable bonds is 6. The zero-order chi connectivity index (χ0) is 15.5. The molecule has 20 heavy (non-hydrogen) atoms. The first-order valence-corrected chi connectivity index (χ1v) is 6.87. The van der Waals surface area contributed by atoms with Gasteiger partial charge < -0.3 is 15.1 Å². The lowest BCUT2D eigenvalue weighted by Gasteiger charge is -2.30. The van der Waals surface area contributed by atoms with Gasteiger partial charge >= 0.3 is 0 Å². The molecule has 7 heteroatoms. The summed E-state index contributed by atoms with van der Waals surface area (Å²) in [6.07, 6.45) is 0. The molecule has 0 bridgehead atoms. The van der Waals surface area contributed by atoms with E-state index in [-0.39, 0.29) is 25.7 Å². The van der Waals surface area contributed by atoms with Gasteiger partial charge in [-0.3, -0.25) is 9.48 Å². The molecular formula is C13H22ClN3O3. The van der Waals surface area contributed by atoms with Crippen molar-refractivity contribution in [3.05, 3.63) is 16.4 Å². The highest BCUT2D eigenvalue weighted by molar-refractivity contribution is 6.33. The van der Waals surface area contributed by atoms with Crippen molar-refractivity contribution >= 4 is 17.5 Å². The normalized spacial score (nSPS) is 11.8. The fourth-order valence-electron chi connectivity index (χ4n) is 1.99. The van der Waals surface area contributed by atoms with Crippen LogP contribution in [-0.4, -0.2) is 57.6 Å². The van der Waals surface area contributed by atoms with E-state index in [4.69, 9.17) is 11.6 Å². The van der Waals surface area contributed by atoms with Gasteiger partial charge in [0.05, 0.1) is 24.5 Å². The van der Waals surface area contributed by atoms with Gasteiger partial charge in [0.25, 0.3) is 5.91 Å². The third-order valence-electron chi connectivity index (χ3n) is 3.31. The van der Waals surface area contributed by atoms with Gasteiger partial charge in [-0.15, -0.1) is 0 Å². The lowest BCUT2D eigenvalue weighted by molar-refractivity contribution is 0.0366. The van der Waals surface area contributed by atoms with Gasteiger partial charge in [-0.1, -0.05) is 18.5 Å². The van der Waals surface area contributed by atoms with Crippen molar-refractivity contribution in [2.24, 2.45) is 5.41 Å². The minimum atomic E-state index is -0.745. The molecule has 0 aliphatic rings. The molecule has 0 fully saturated rings. The molecule has 1 aromatic heterocycles. The maximum atomic E-state index is 12.5. The standard InChI is InChI=1S/C13H22ClN3O3/c1-5-17-11(14)10(9(2)15-17)12(20)16(4)6-13(3,7-18)8-19/h18-19H,5-8H2,1-4H3. The molecule has 6 nitrogen and oxygen atoms in total. The average molecular weight is 304 g/mol. The number of carbonyl (C=O) groups excluding carboxylic acids is 1. The molecule has 0 aliphatic carbocycles. The van der Waals surface area contributed by atoms with Crippen LogP contribution in [0.2, 0.25) is 5.15 Å². The minimum absolute atomic E-state index is 0.206. The predicted molar refractivity (Wildman–Crippen MR) is 76.9 cm³/mol. The van der Waals surface area contributed by atoms with Gasteiger partial charge in [0, 0.05) is 25.6 Å². The molecule has 2 N–H and O–H groups in total. The molecule has 1 aromatic rings. The zero-order valence-corrected chi connectivity index (χ0v) is 13.1. The summed E-state index contributed by atoms with van der Waals surface area (Å²) in [7, 11) is 1.62. The molecule has 0 unspecified atom stereocenters. The number of aryl methyl sites for hydroxylation is 2. The van der Waals surface area contributed by atoms with Crippen LogP contribution in [0.3, 0.4) is 0 Å². The molecule has 114 valence electrons. The van der Waals surface area contributed by atoms with Crippen LogP contribution in [-0.2, 0) is 6.54 Å². The van der Waals surface area contributed by atoms with E-state index < -0.39 is 5.41 Å². The Kier molecular flexibility index (Phi) is 5.56. The van der Waals surface area contributed by atoms with Crippen LogP contribution in [0.1, 0.15) is 29.9 Å². The maximum Gasteiger partial charge on any atom is 0.258 e. The number of halogens is 1. The predicted octanol–water partition coefficient (Wildman–Crippen LogP) is 0.928. The Balaban J connectivity index is 2.98. The Labute approximate surface area is 124 Å². The Morgan fingerprint density at radius 2 is 2.00 bits per heavy atom. The summed E-state index contributed by atoms with van der Waals surface area (Å²) in [6.45, 7) is 5.74. The molecule has 0 atom stereocenters. The Hall–Kier alpha value is -1.11. The van der Waals surface area contributed by atoms with Crippen LogP contribution in [0.5, 0.6) is 0 Å². The number of aliphatic hydroxyl groups excluding tert-OH is 2. The van der Waals surface area contributed by atoms with Crippen LogP contribution in [0.25, 0.3) is 0 Å². The maximum absolute atomic E-state index is 12.5. The second kappa shape index (κ2) is 6.56. The summed E-state index contributed by atoms with van der Waals surface area (Å²) in [5.41, 5.74) is 0.198. The monoisotopic (exact) mass is 303 g/mol. The van der Waals surface area contributed by atoms with Gasteiger partial charge in [0.1, 0.15) is 5.15 Å². The number of nitrogens with zero attached hydrogens (tertiary/aromatic N) is 3. The lowest BCUT2D eigenvalue weighted by atomic mass is 9.92. The molecule has 0 aliphatic heterocycles. The molecule has 1 amide bonds. The first kappa shape index (κ1) is 16.9. The number of hydrogen-bond donors (Lipinski definition) is 2. The van der Waals surface area contributed by atoms with Gasteiger partial charge in [0.2, 0.25) is 0 Å². The third kappa shape index (κ3) is 3.31. The van der Waals surface area contributed by atoms with Crippen LogP contribution >= 0.6 is 11.6 Å². The topological polar surface area (TPSA) is 78.6 Å². The van der Waals surface area contributed by atoms with Crippen LogP contribution < -0.4 is 0 Å². The highest BCUT2D eigenvalue weighted by Gasteiger charge is 2.29. The fourth-order valence-corrected chi connectivity index (χ4v) is 2.37. The van der Waals surface area contributed by atoms with E-state index in [1.54, 1.807) is 25.6 Å². The first-order chi connectivity index (χ1) is 9.29. The smallest absolute Gasteiger partial charge is 0.258 e. The zero-order valence-electron chi connectivity index (χ0n) is 12.4. The number of aromatic nitrogens is 2. The summed E-state index contributed by atoms with van der Waals surface area (Å²) in [6, 6.07) is 0. The third-order valence-corrected chi connectivity index (χ3v) is 3.69. The molecule has 0 aromatic carbocycles. The van der Waals surface area contributed by atoms with Crippen molar-refractivity contribution < 1.29 is 15.0 Å². The highest BCUT2D eigenvalue weighted by Crippen LogP contribution is 2.23. The lowest BCUT2D eigenvalue weighted by Crippen LogP contribution is -2.41. The SMILES string of the molecule is CCn1nc(C)c(C(=O)N(C)CC(C)(CO)CO)c1Cl. The summed E-state index contributed by atoms with van der Waals surface area (Å²) < 4.78 is 1.56. The molecule has 1 rings (SSSR count). The average Bonchev–Trinajstić information content (AvgIpc) is 2.72.